The lowest BCUT2D eigenvalue weighted by molar-refractivity contribution is 0.357. The van der Waals surface area contributed by atoms with E-state index in [-0.39, 0.29) is 0 Å². The van der Waals surface area contributed by atoms with Crippen LogP contribution in [0.5, 0.6) is 5.75 Å². The number of hydrogen-bond donors (Lipinski definition) is 2. The highest BCUT2D eigenvalue weighted by Gasteiger charge is 2.14. The van der Waals surface area contributed by atoms with Crippen molar-refractivity contribution in [2.24, 2.45) is 0 Å². The summed E-state index contributed by atoms with van der Waals surface area (Å²) in [4.78, 5) is 0. The molecule has 0 unspecified atom stereocenters. The van der Waals surface area contributed by atoms with Gasteiger partial charge in [-0.2, -0.15) is 0 Å². The van der Waals surface area contributed by atoms with Crippen molar-refractivity contribution < 1.29 is 4.74 Å². The number of ether oxygens (including phenoxy) is 1. The summed E-state index contributed by atoms with van der Waals surface area (Å²) in [5.74, 6) is 1.04. The van der Waals surface area contributed by atoms with Crippen molar-refractivity contribution in [2.75, 3.05) is 23.8 Å². The molecule has 0 saturated carbocycles. The van der Waals surface area contributed by atoms with Crippen LogP contribution in [-0.2, 0) is 19.4 Å². The zero-order valence-electron chi connectivity index (χ0n) is 11.4. The third kappa shape index (κ3) is 1.99. The Morgan fingerprint density at radius 2 is 2.10 bits per heavy atom. The first-order valence-electron chi connectivity index (χ1n) is 7.24. The van der Waals surface area contributed by atoms with E-state index in [0.717, 1.165) is 38.3 Å². The van der Waals surface area contributed by atoms with Crippen molar-refractivity contribution in [2.45, 2.75) is 19.4 Å². The minimum atomic E-state index is 0.814. The van der Waals surface area contributed by atoms with Gasteiger partial charge >= 0.3 is 0 Å². The molecular formula is C17H18N2O. The number of anilines is 2. The molecular weight excluding hydrogens is 248 g/mol. The predicted octanol–water partition coefficient (Wildman–Crippen LogP) is 3.20. The molecule has 20 heavy (non-hydrogen) atoms. The summed E-state index contributed by atoms with van der Waals surface area (Å²) in [5, 5.41) is 7.01. The Labute approximate surface area is 119 Å². The lowest BCUT2D eigenvalue weighted by Crippen LogP contribution is -2.03. The van der Waals surface area contributed by atoms with Crippen LogP contribution in [0.2, 0.25) is 0 Å². The summed E-state index contributed by atoms with van der Waals surface area (Å²) in [6.45, 7) is 2.73. The van der Waals surface area contributed by atoms with Gasteiger partial charge in [-0.25, -0.2) is 0 Å². The molecule has 2 N–H and O–H groups in total. The topological polar surface area (TPSA) is 33.3 Å². The van der Waals surface area contributed by atoms with E-state index in [1.54, 1.807) is 0 Å². The maximum atomic E-state index is 5.54. The Morgan fingerprint density at radius 1 is 1.10 bits per heavy atom. The molecule has 0 aliphatic carbocycles. The molecule has 2 aliphatic heterocycles. The smallest absolute Gasteiger partial charge is 0.122 e. The van der Waals surface area contributed by atoms with Gasteiger partial charge in [-0.3, -0.25) is 0 Å². The maximum absolute atomic E-state index is 5.54. The Bertz CT molecular complexity index is 651. The van der Waals surface area contributed by atoms with Gasteiger partial charge in [-0.15, -0.1) is 0 Å². The largest absolute Gasteiger partial charge is 0.493 e. The zero-order chi connectivity index (χ0) is 13.4. The van der Waals surface area contributed by atoms with E-state index >= 15 is 0 Å². The molecule has 102 valence electrons. The number of fused-ring (bicyclic) bond motifs is 2. The van der Waals surface area contributed by atoms with Gasteiger partial charge in [0.1, 0.15) is 5.75 Å². The van der Waals surface area contributed by atoms with Gasteiger partial charge < -0.3 is 15.4 Å². The molecule has 0 aromatic heterocycles. The highest BCUT2D eigenvalue weighted by molar-refractivity contribution is 5.62. The molecule has 0 fully saturated rings. The van der Waals surface area contributed by atoms with Gasteiger partial charge in [0.15, 0.2) is 0 Å². The second kappa shape index (κ2) is 4.75. The van der Waals surface area contributed by atoms with E-state index in [1.807, 2.05) is 0 Å². The zero-order valence-corrected chi connectivity index (χ0v) is 11.4. The Balaban J connectivity index is 1.52. The third-order valence-electron chi connectivity index (χ3n) is 4.11. The predicted molar refractivity (Wildman–Crippen MR) is 81.6 cm³/mol. The second-order valence-electron chi connectivity index (χ2n) is 5.40. The van der Waals surface area contributed by atoms with Crippen LogP contribution in [0.1, 0.15) is 16.7 Å². The van der Waals surface area contributed by atoms with Gasteiger partial charge in [-0.05, 0) is 41.3 Å². The number of rotatable bonds is 3. The van der Waals surface area contributed by atoms with Crippen LogP contribution in [0.15, 0.2) is 36.4 Å². The molecule has 3 nitrogen and oxygen atoms in total. The second-order valence-corrected chi connectivity index (χ2v) is 5.40. The highest BCUT2D eigenvalue weighted by Crippen LogP contribution is 2.30. The van der Waals surface area contributed by atoms with E-state index in [0.29, 0.717) is 0 Å². The molecule has 2 aliphatic rings. The molecule has 0 amide bonds. The van der Waals surface area contributed by atoms with Crippen molar-refractivity contribution >= 4 is 11.4 Å². The van der Waals surface area contributed by atoms with E-state index in [2.05, 4.69) is 47.0 Å². The quantitative estimate of drug-likeness (QED) is 0.895. The first kappa shape index (κ1) is 11.6. The maximum Gasteiger partial charge on any atom is 0.122 e. The molecule has 2 aromatic carbocycles. The lowest BCUT2D eigenvalue weighted by atomic mass is 10.1. The standard InChI is InChI=1S/C17H18N2O/c1-2-12-6-8-18-17(12)14(3-1)11-19-15-4-5-16-13(10-15)7-9-20-16/h1-5,10,18-19H,6-9,11H2. The van der Waals surface area contributed by atoms with E-state index in [4.69, 9.17) is 4.74 Å². The molecule has 0 spiro atoms. The first-order valence-corrected chi connectivity index (χ1v) is 7.24. The van der Waals surface area contributed by atoms with Crippen molar-refractivity contribution in [1.82, 2.24) is 0 Å². The number of nitrogens with one attached hydrogen (secondary N) is 2. The number of hydrogen-bond acceptors (Lipinski definition) is 3. The van der Waals surface area contributed by atoms with Gasteiger partial charge in [0.2, 0.25) is 0 Å². The number of benzene rings is 2. The van der Waals surface area contributed by atoms with E-state index < -0.39 is 0 Å². The first-order chi connectivity index (χ1) is 9.90. The van der Waals surface area contributed by atoms with Gasteiger partial charge in [0, 0.05) is 30.9 Å². The molecule has 3 heteroatoms. The minimum absolute atomic E-state index is 0.814. The fourth-order valence-corrected chi connectivity index (χ4v) is 3.05. The average Bonchev–Trinajstić information content (AvgIpc) is 3.13. The van der Waals surface area contributed by atoms with Gasteiger partial charge in [0.25, 0.3) is 0 Å². The van der Waals surface area contributed by atoms with Crippen LogP contribution in [0.25, 0.3) is 0 Å². The Kier molecular flexibility index (Phi) is 2.76. The highest BCUT2D eigenvalue weighted by atomic mass is 16.5. The van der Waals surface area contributed by atoms with Crippen LogP contribution < -0.4 is 15.4 Å². The van der Waals surface area contributed by atoms with Crippen LogP contribution in [-0.4, -0.2) is 13.2 Å². The molecule has 0 bridgehead atoms. The Morgan fingerprint density at radius 3 is 3.10 bits per heavy atom. The third-order valence-corrected chi connectivity index (χ3v) is 4.11. The lowest BCUT2D eigenvalue weighted by Gasteiger charge is -2.12. The average molecular weight is 266 g/mol. The molecule has 4 rings (SSSR count). The van der Waals surface area contributed by atoms with Crippen LogP contribution in [0.3, 0.4) is 0 Å². The SMILES string of the molecule is c1cc2c(c(CNc3ccc4c(c3)CCO4)c1)NCC2. The summed E-state index contributed by atoms with van der Waals surface area (Å²) in [7, 11) is 0. The molecule has 0 radical (unpaired) electrons. The summed E-state index contributed by atoms with van der Waals surface area (Å²) in [6.07, 6.45) is 2.16. The van der Waals surface area contributed by atoms with Crippen molar-refractivity contribution in [3.05, 3.63) is 53.1 Å². The van der Waals surface area contributed by atoms with Crippen LogP contribution >= 0.6 is 0 Å². The minimum Gasteiger partial charge on any atom is -0.493 e. The normalized spacial score (nSPS) is 15.2. The molecule has 0 saturated heterocycles. The fourth-order valence-electron chi connectivity index (χ4n) is 3.05. The van der Waals surface area contributed by atoms with Gasteiger partial charge in [0.05, 0.1) is 6.61 Å². The summed E-state index contributed by atoms with van der Waals surface area (Å²) in [5.41, 5.74) is 6.59. The van der Waals surface area contributed by atoms with Crippen LogP contribution in [0, 0.1) is 0 Å². The van der Waals surface area contributed by atoms with Crippen molar-refractivity contribution in [1.29, 1.82) is 0 Å². The summed E-state index contributed by atoms with van der Waals surface area (Å²) >= 11 is 0. The van der Waals surface area contributed by atoms with Gasteiger partial charge in [-0.1, -0.05) is 18.2 Å². The molecule has 0 atom stereocenters. The van der Waals surface area contributed by atoms with E-state index in [9.17, 15) is 0 Å². The summed E-state index contributed by atoms with van der Waals surface area (Å²) < 4.78 is 5.54. The molecule has 2 heterocycles. The van der Waals surface area contributed by atoms with Crippen molar-refractivity contribution in [3.8, 4) is 5.75 Å². The fraction of sp³-hybridized carbons (Fsp3) is 0.294. The Hall–Kier alpha value is -2.16. The summed E-state index contributed by atoms with van der Waals surface area (Å²) in [6, 6.07) is 12.9. The van der Waals surface area contributed by atoms with Crippen LogP contribution in [0.4, 0.5) is 11.4 Å². The monoisotopic (exact) mass is 266 g/mol. The van der Waals surface area contributed by atoms with Crippen molar-refractivity contribution in [3.63, 3.8) is 0 Å². The number of para-hydroxylation sites is 1. The molecule has 2 aromatic rings. The van der Waals surface area contributed by atoms with E-state index in [1.165, 1.54) is 28.1 Å².